The molecule has 0 heterocycles. The summed E-state index contributed by atoms with van der Waals surface area (Å²) in [6, 6.07) is 1.85. The molecule has 0 spiro atoms. The number of hydrogen-bond acceptors (Lipinski definition) is 16. The third-order valence-electron chi connectivity index (χ3n) is 23.9. The van der Waals surface area contributed by atoms with Gasteiger partial charge in [-0.25, -0.2) is 19.2 Å². The number of amides is 6. The zero-order valence-electron chi connectivity index (χ0n) is 65.7. The normalized spacial score (nSPS) is 26.9. The van der Waals surface area contributed by atoms with E-state index in [2.05, 4.69) is 83.2 Å². The lowest BCUT2D eigenvalue weighted by Gasteiger charge is -2.46. The van der Waals surface area contributed by atoms with Gasteiger partial charge < -0.3 is 87.2 Å². The highest BCUT2D eigenvalue weighted by Gasteiger charge is 2.44. The van der Waals surface area contributed by atoms with Crippen molar-refractivity contribution < 1.29 is 64.7 Å². The largest absolute Gasteiger partial charge is 0.500 e. The third-order valence-corrected chi connectivity index (χ3v) is 30.2. The molecule has 22 nitrogen and oxygen atoms in total. The van der Waals surface area contributed by atoms with E-state index in [0.717, 1.165) is 193 Å². The Bertz CT molecular complexity index is 2050. The van der Waals surface area contributed by atoms with E-state index in [-0.39, 0.29) is 78.2 Å². The molecule has 6 fully saturated rings. The lowest BCUT2D eigenvalue weighted by atomic mass is 9.60. The smallest absolute Gasteiger partial charge is 0.442 e. The van der Waals surface area contributed by atoms with Gasteiger partial charge in [0.25, 0.3) is 0 Å². The van der Waals surface area contributed by atoms with Gasteiger partial charge in [-0.3, -0.25) is 0 Å². The molecule has 6 rings (SSSR count). The van der Waals surface area contributed by atoms with Gasteiger partial charge in [0.1, 0.15) is 12.2 Å². The van der Waals surface area contributed by atoms with E-state index in [9.17, 15) is 19.2 Å². The third kappa shape index (κ3) is 31.5. The topological polar surface area (TPSA) is 239 Å². The molecule has 0 saturated heterocycles. The molecule has 6 aliphatic rings. The van der Waals surface area contributed by atoms with E-state index in [4.69, 9.17) is 45.5 Å². The summed E-state index contributed by atoms with van der Waals surface area (Å²) in [7, 11) is -5.43. The van der Waals surface area contributed by atoms with Crippen molar-refractivity contribution in [2.75, 3.05) is 105 Å². The fraction of sp³-hybridized carbons (Fsp3) is 0.948. The van der Waals surface area contributed by atoms with Crippen LogP contribution in [-0.2, 0) is 45.5 Å². The number of carbonyl (C=O) groups is 4. The van der Waals surface area contributed by atoms with Crippen LogP contribution in [0.4, 0.5) is 19.2 Å². The van der Waals surface area contributed by atoms with Gasteiger partial charge in [-0.2, -0.15) is 0 Å². The number of ether oxygens (including phenoxy) is 4. The van der Waals surface area contributed by atoms with Crippen LogP contribution in [0.15, 0.2) is 0 Å². The molecule has 6 aliphatic carbocycles. The zero-order chi connectivity index (χ0) is 72.9. The van der Waals surface area contributed by atoms with Crippen LogP contribution in [-0.4, -0.2) is 205 Å². The second-order valence-corrected chi connectivity index (χ2v) is 36.5. The van der Waals surface area contributed by atoms with Crippen LogP contribution >= 0.6 is 0 Å². The van der Waals surface area contributed by atoms with Crippen molar-refractivity contribution in [1.29, 1.82) is 0 Å². The van der Waals surface area contributed by atoms with Gasteiger partial charge in [0, 0.05) is 102 Å². The zero-order valence-corrected chi connectivity index (χ0v) is 67.7. The molecule has 2 unspecified atom stereocenters. The molecule has 0 aliphatic heterocycles. The first-order valence-electron chi connectivity index (χ1n) is 41.4. The lowest BCUT2D eigenvalue weighted by molar-refractivity contribution is -0.0671. The van der Waals surface area contributed by atoms with E-state index in [0.29, 0.717) is 127 Å². The van der Waals surface area contributed by atoms with Gasteiger partial charge in [0.05, 0.1) is 25.4 Å². The van der Waals surface area contributed by atoms with Gasteiger partial charge in [-0.15, -0.1) is 0 Å². The molecule has 0 aromatic carbocycles. The fourth-order valence-electron chi connectivity index (χ4n) is 17.9. The first-order valence-corrected chi connectivity index (χ1v) is 45.2. The number of rotatable bonds is 46. The van der Waals surface area contributed by atoms with Crippen LogP contribution in [0, 0.1) is 40.9 Å². The van der Waals surface area contributed by atoms with Crippen LogP contribution in [0.25, 0.3) is 0 Å². The number of carbonyl (C=O) groups excluding carboxylic acids is 4. The Hall–Kier alpha value is -2.89. The molecule has 6 amide bonds. The van der Waals surface area contributed by atoms with Crippen LogP contribution in [0.1, 0.15) is 263 Å². The van der Waals surface area contributed by atoms with Crippen molar-refractivity contribution in [2.24, 2.45) is 40.9 Å². The molecule has 6 N–H and O–H groups in total. The Morgan fingerprint density at radius 3 is 0.931 bits per heavy atom. The number of urea groups is 2. The van der Waals surface area contributed by atoms with Gasteiger partial charge in [0.15, 0.2) is 0 Å². The van der Waals surface area contributed by atoms with Crippen molar-refractivity contribution in [3.63, 3.8) is 0 Å². The lowest BCUT2D eigenvalue weighted by Crippen LogP contribution is -2.47. The SMILES string of the molecule is CCO[Si](CCCNC(=O)NC1CCC(CC2CCC(NC(=O)OC(COC3CCC(C(C)(C)C4CCC(OCC(CN(CC)CC)OC(=O)NC5CCC(CC6CCC(NC(=O)NCCC[Si](OCC)(OCC)OCC)CC6)CC5)CC4)CC3)CN(CC)CC)CC2)CC1)(OCC)OCC. The quantitative estimate of drug-likeness (QED) is 0.0245. The molecular weight excluding hydrogens is 1320 g/mol. The standard InChI is InChI=1S/C77H148N8O14Si2/c1-13-84(14-2)55-71(98-75(88)82-67-41-29-61(30-42-67)53-59-25-37-65(38-26-59)80-73(86)78-49-23-51-100(92-17-5,93-18-6)94-19-7)57-90-69-45-33-63(34-46-69)77(11,12)64-35-47-70(48-36-64)91-58-72(56-85(15-3)16-4)99-76(89)83-68-43-31-62(32-44-68)54-60-27-39-66(40-28-60)81-74(87)79-50-24-52-101(95-20-8,96-21-9)97-22-10/h59-72H,13-58H2,1-12H3,(H,82,88)(H,83,89)(H2,78,80,86)(H2,79,81,87). The summed E-state index contributed by atoms with van der Waals surface area (Å²) in [5.41, 5.74) is 0.205. The average Bonchev–Trinajstić information content (AvgIpc) is 0.804. The second kappa shape index (κ2) is 47.7. The van der Waals surface area contributed by atoms with Crippen molar-refractivity contribution in [3.05, 3.63) is 0 Å². The minimum Gasteiger partial charge on any atom is -0.442 e. The van der Waals surface area contributed by atoms with E-state index >= 15 is 0 Å². The maximum atomic E-state index is 13.6. The maximum Gasteiger partial charge on any atom is 0.500 e. The minimum atomic E-state index is -2.71. The molecule has 0 aromatic rings. The van der Waals surface area contributed by atoms with Gasteiger partial charge in [0.2, 0.25) is 0 Å². The number of nitrogens with one attached hydrogen (secondary N) is 6. The van der Waals surface area contributed by atoms with Crippen LogP contribution < -0.4 is 31.9 Å². The summed E-state index contributed by atoms with van der Waals surface area (Å²) < 4.78 is 61.6. The van der Waals surface area contributed by atoms with Crippen LogP contribution in [0.5, 0.6) is 0 Å². The molecule has 2 atom stereocenters. The van der Waals surface area contributed by atoms with E-state index in [1.165, 1.54) is 12.8 Å². The van der Waals surface area contributed by atoms with Gasteiger partial charge in [-0.05, 0) is 288 Å². The predicted molar refractivity (Wildman–Crippen MR) is 405 cm³/mol. The molecule has 0 bridgehead atoms. The van der Waals surface area contributed by atoms with Gasteiger partial charge in [-0.1, -0.05) is 41.5 Å². The fourth-order valence-corrected chi connectivity index (χ4v) is 23.1. The number of hydrogen-bond donors (Lipinski definition) is 6. The van der Waals surface area contributed by atoms with E-state index in [1.807, 2.05) is 41.5 Å². The predicted octanol–water partition coefficient (Wildman–Crippen LogP) is 14.5. The summed E-state index contributed by atoms with van der Waals surface area (Å²) in [5, 5.41) is 19.1. The second-order valence-electron chi connectivity index (χ2n) is 31.1. The Morgan fingerprint density at radius 2 is 0.663 bits per heavy atom. The van der Waals surface area contributed by atoms with Crippen molar-refractivity contribution in [2.45, 2.75) is 324 Å². The highest BCUT2D eigenvalue weighted by Crippen LogP contribution is 2.49. The van der Waals surface area contributed by atoms with Crippen LogP contribution in [0.3, 0.4) is 0 Å². The Kier molecular flexibility index (Phi) is 41.1. The summed E-state index contributed by atoms with van der Waals surface area (Å²) in [5.74, 6) is 3.96. The molecule has 0 radical (unpaired) electrons. The van der Waals surface area contributed by atoms with E-state index in [1.54, 1.807) is 0 Å². The molecule has 0 aromatic heterocycles. The van der Waals surface area contributed by atoms with Crippen molar-refractivity contribution in [1.82, 2.24) is 41.7 Å². The van der Waals surface area contributed by atoms with Gasteiger partial charge >= 0.3 is 41.9 Å². The highest BCUT2D eigenvalue weighted by atomic mass is 28.4. The summed E-state index contributed by atoms with van der Waals surface area (Å²) in [6.07, 6.45) is 28.6. The minimum absolute atomic E-state index is 0.0945. The Labute approximate surface area is 615 Å². The first-order chi connectivity index (χ1) is 48.8. The summed E-state index contributed by atoms with van der Waals surface area (Å²) in [4.78, 5) is 57.5. The summed E-state index contributed by atoms with van der Waals surface area (Å²) >= 11 is 0. The van der Waals surface area contributed by atoms with Crippen molar-refractivity contribution >= 4 is 41.9 Å². The molecule has 24 heteroatoms. The highest BCUT2D eigenvalue weighted by molar-refractivity contribution is 6.61. The molecule has 588 valence electrons. The first kappa shape index (κ1) is 87.0. The maximum absolute atomic E-state index is 13.6. The molecule has 6 saturated carbocycles. The average molecular weight is 1470 g/mol. The number of alkyl carbamates (subject to hydrolysis) is 2. The van der Waals surface area contributed by atoms with E-state index < -0.39 is 17.6 Å². The van der Waals surface area contributed by atoms with Crippen molar-refractivity contribution in [3.8, 4) is 0 Å². The Balaban J connectivity index is 0.821. The Morgan fingerprint density at radius 1 is 0.386 bits per heavy atom. The number of nitrogens with zero attached hydrogens (tertiary/aromatic N) is 2. The number of likely N-dealkylation sites (N-methyl/N-ethyl adjacent to an activating group) is 2. The van der Waals surface area contributed by atoms with Crippen LogP contribution in [0.2, 0.25) is 12.1 Å². The summed E-state index contributed by atoms with van der Waals surface area (Å²) in [6.45, 7) is 35.5. The molecule has 101 heavy (non-hydrogen) atoms. The monoisotopic (exact) mass is 1470 g/mol. The molecular formula is C77H148N8O14Si2.